The van der Waals surface area contributed by atoms with E-state index in [2.05, 4.69) is 4.90 Å². The molecule has 11 nitrogen and oxygen atoms in total. The van der Waals surface area contributed by atoms with Crippen molar-refractivity contribution in [2.75, 3.05) is 49.8 Å². The van der Waals surface area contributed by atoms with Crippen molar-refractivity contribution in [2.45, 2.75) is 19.0 Å². The molecule has 4 heterocycles. The molecule has 0 spiro atoms. The first-order valence-corrected chi connectivity index (χ1v) is 14.4. The third-order valence-electron chi connectivity index (χ3n) is 7.82. The van der Waals surface area contributed by atoms with Crippen LogP contribution in [-0.2, 0) is 6.54 Å². The van der Waals surface area contributed by atoms with Crippen molar-refractivity contribution in [1.29, 1.82) is 0 Å². The third-order valence-corrected chi connectivity index (χ3v) is 8.32. The second kappa shape index (κ2) is 11.7. The third kappa shape index (κ3) is 5.30. The van der Waals surface area contributed by atoms with Crippen LogP contribution in [0.15, 0.2) is 75.3 Å². The lowest BCUT2D eigenvalue weighted by Gasteiger charge is -2.38. The highest BCUT2D eigenvalue weighted by atomic mass is 32.1. The summed E-state index contributed by atoms with van der Waals surface area (Å²) in [5.74, 6) is 0.121. The molecule has 0 saturated carbocycles. The van der Waals surface area contributed by atoms with Crippen LogP contribution in [0.1, 0.15) is 23.0 Å². The van der Waals surface area contributed by atoms with Crippen molar-refractivity contribution in [3.8, 4) is 5.75 Å². The Morgan fingerprint density at radius 3 is 2.53 bits per heavy atom. The number of amidine groups is 1. The number of furan rings is 1. The Hall–Kier alpha value is -4.49. The molecule has 224 valence electrons. The van der Waals surface area contributed by atoms with Crippen LogP contribution < -0.4 is 20.0 Å². The van der Waals surface area contributed by atoms with Crippen LogP contribution in [0.4, 0.5) is 15.8 Å². The Kier molecular flexibility index (Phi) is 7.75. The van der Waals surface area contributed by atoms with E-state index in [1.165, 1.54) is 6.20 Å². The first kappa shape index (κ1) is 28.6. The van der Waals surface area contributed by atoms with Gasteiger partial charge in [0.05, 0.1) is 31.2 Å². The summed E-state index contributed by atoms with van der Waals surface area (Å²) in [5, 5.41) is 16.2. The molecule has 6 rings (SSSR count). The van der Waals surface area contributed by atoms with Gasteiger partial charge < -0.3 is 23.7 Å². The molecule has 2 aromatic carbocycles. The van der Waals surface area contributed by atoms with Gasteiger partial charge in [-0.15, -0.1) is 12.6 Å². The lowest BCUT2D eigenvalue weighted by atomic mass is 10.1. The molecule has 1 saturated heterocycles. The molecule has 0 aliphatic carbocycles. The number of rotatable bonds is 8. The number of hydrazone groups is 1. The molecule has 0 bridgehead atoms. The van der Waals surface area contributed by atoms with Gasteiger partial charge in [-0.2, -0.15) is 5.10 Å². The van der Waals surface area contributed by atoms with Gasteiger partial charge >= 0.3 is 5.97 Å². The smallest absolute Gasteiger partial charge is 0.341 e. The van der Waals surface area contributed by atoms with Crippen molar-refractivity contribution in [3.63, 3.8) is 0 Å². The van der Waals surface area contributed by atoms with Crippen LogP contribution in [0.5, 0.6) is 5.75 Å². The van der Waals surface area contributed by atoms with Gasteiger partial charge in [0.1, 0.15) is 17.1 Å². The fraction of sp³-hybridized carbons (Fsp3) is 0.300. The SMILES string of the molecule is CCn1cc(C(=O)O)c(=O)c2cc(F)c(N3CCN(CN4N=C(c5ccco5)N(c5ccc(OC)cc5)C4S)CC3)cc21. The maximum atomic E-state index is 15.3. The number of aromatic nitrogens is 1. The molecule has 13 heteroatoms. The van der Waals surface area contributed by atoms with Crippen LogP contribution in [0.25, 0.3) is 10.9 Å². The summed E-state index contributed by atoms with van der Waals surface area (Å²) in [6.45, 7) is 5.15. The number of thiol groups is 1. The Bertz CT molecular complexity index is 1730. The fourth-order valence-corrected chi connectivity index (χ4v) is 5.90. The van der Waals surface area contributed by atoms with Crippen molar-refractivity contribution >= 4 is 46.7 Å². The molecule has 2 aliphatic heterocycles. The monoisotopic (exact) mass is 606 g/mol. The molecule has 0 radical (unpaired) electrons. The standard InChI is InChI=1S/C30H31FN6O5S/c1-3-34-17-22(29(39)40)27(38)21-15-23(31)25(16-24(21)34)35-12-10-33(11-13-35)18-36-30(43)37(19-6-8-20(41-2)9-7-19)28(32-36)26-5-4-14-42-26/h4-9,14-17,30,43H,3,10-13,18H2,1-2H3,(H,39,40). The normalized spacial score (nSPS) is 17.5. The van der Waals surface area contributed by atoms with Gasteiger partial charge in [0.2, 0.25) is 5.43 Å². The Balaban J connectivity index is 1.19. The summed E-state index contributed by atoms with van der Waals surface area (Å²) < 4.78 is 28.0. The number of anilines is 2. The number of nitrogens with zero attached hydrogens (tertiary/aromatic N) is 6. The summed E-state index contributed by atoms with van der Waals surface area (Å²) in [7, 11) is 1.62. The van der Waals surface area contributed by atoms with E-state index in [0.717, 1.165) is 17.5 Å². The number of carbonyl (C=O) groups is 1. The second-order valence-corrected chi connectivity index (χ2v) is 10.7. The molecule has 2 aromatic heterocycles. The predicted octanol–water partition coefficient (Wildman–Crippen LogP) is 3.94. The van der Waals surface area contributed by atoms with Crippen LogP contribution in [0, 0.1) is 5.82 Å². The maximum Gasteiger partial charge on any atom is 0.341 e. The van der Waals surface area contributed by atoms with E-state index in [1.54, 1.807) is 24.0 Å². The summed E-state index contributed by atoms with van der Waals surface area (Å²) >= 11 is 4.92. The zero-order valence-electron chi connectivity index (χ0n) is 23.7. The Morgan fingerprint density at radius 2 is 1.91 bits per heavy atom. The second-order valence-electron chi connectivity index (χ2n) is 10.3. The van der Waals surface area contributed by atoms with E-state index in [4.69, 9.17) is 26.9 Å². The zero-order chi connectivity index (χ0) is 30.2. The van der Waals surface area contributed by atoms with E-state index in [0.29, 0.717) is 62.2 Å². The number of aryl methyl sites for hydroxylation is 1. The quantitative estimate of drug-likeness (QED) is 0.289. The molecular formula is C30H31FN6O5S. The largest absolute Gasteiger partial charge is 0.497 e. The van der Waals surface area contributed by atoms with Crippen molar-refractivity contribution in [1.82, 2.24) is 14.5 Å². The zero-order valence-corrected chi connectivity index (χ0v) is 24.6. The molecule has 4 aromatic rings. The van der Waals surface area contributed by atoms with Crippen LogP contribution in [-0.4, -0.2) is 76.8 Å². The number of hydrogen-bond donors (Lipinski definition) is 2. The minimum atomic E-state index is -1.33. The average molecular weight is 607 g/mol. The molecular weight excluding hydrogens is 575 g/mol. The van der Waals surface area contributed by atoms with Gasteiger partial charge in [-0.25, -0.2) is 14.2 Å². The van der Waals surface area contributed by atoms with Gasteiger partial charge in [-0.05, 0) is 55.5 Å². The van der Waals surface area contributed by atoms with Crippen LogP contribution in [0.2, 0.25) is 0 Å². The molecule has 1 fully saturated rings. The Labute approximate surface area is 252 Å². The van der Waals surface area contributed by atoms with E-state index in [-0.39, 0.29) is 10.9 Å². The molecule has 1 unspecified atom stereocenters. The molecule has 1 atom stereocenters. The maximum absolute atomic E-state index is 15.3. The first-order valence-electron chi connectivity index (χ1n) is 13.9. The molecule has 43 heavy (non-hydrogen) atoms. The number of halogens is 1. The minimum Gasteiger partial charge on any atom is -0.497 e. The number of piperazine rings is 1. The number of carboxylic acid groups (broad SMARTS) is 1. The topological polar surface area (TPSA) is 107 Å². The predicted molar refractivity (Wildman–Crippen MR) is 165 cm³/mol. The van der Waals surface area contributed by atoms with Gasteiger partial charge in [0.15, 0.2) is 17.1 Å². The van der Waals surface area contributed by atoms with E-state index < -0.39 is 22.7 Å². The number of benzene rings is 2. The fourth-order valence-electron chi connectivity index (χ4n) is 5.53. The molecule has 2 aliphatic rings. The summed E-state index contributed by atoms with van der Waals surface area (Å²) in [4.78, 5) is 30.4. The van der Waals surface area contributed by atoms with Gasteiger partial charge in [0.25, 0.3) is 0 Å². The average Bonchev–Trinajstić information content (AvgIpc) is 3.66. The molecule has 1 N–H and O–H groups in total. The summed E-state index contributed by atoms with van der Waals surface area (Å²) in [6.07, 6.45) is 2.93. The highest BCUT2D eigenvalue weighted by Gasteiger charge is 2.36. The van der Waals surface area contributed by atoms with Crippen LogP contribution >= 0.6 is 12.6 Å². The van der Waals surface area contributed by atoms with Crippen LogP contribution in [0.3, 0.4) is 0 Å². The number of pyridine rings is 1. The number of ether oxygens (including phenoxy) is 1. The number of aromatic carboxylic acids is 1. The van der Waals surface area contributed by atoms with E-state index in [9.17, 15) is 14.7 Å². The summed E-state index contributed by atoms with van der Waals surface area (Å²) in [5.41, 5.74) is 0.316. The highest BCUT2D eigenvalue weighted by Crippen LogP contribution is 2.32. The lowest BCUT2D eigenvalue weighted by molar-refractivity contribution is 0.0695. The summed E-state index contributed by atoms with van der Waals surface area (Å²) in [6, 6.07) is 14.1. The highest BCUT2D eigenvalue weighted by molar-refractivity contribution is 7.81. The first-order chi connectivity index (χ1) is 20.8. The minimum absolute atomic E-state index is 0.0575. The van der Waals surface area contributed by atoms with E-state index >= 15 is 4.39 Å². The molecule has 0 amide bonds. The van der Waals surface area contributed by atoms with Crippen molar-refractivity contribution in [3.05, 3.63) is 88.4 Å². The number of fused-ring (bicyclic) bond motifs is 1. The van der Waals surface area contributed by atoms with Crippen molar-refractivity contribution < 1.29 is 23.4 Å². The van der Waals surface area contributed by atoms with E-state index in [1.807, 2.05) is 58.1 Å². The van der Waals surface area contributed by atoms with Gasteiger partial charge in [0, 0.05) is 50.0 Å². The number of hydrogen-bond acceptors (Lipinski definition) is 10. The number of carboxylic acids is 1. The van der Waals surface area contributed by atoms with Gasteiger partial charge in [-0.1, -0.05) is 0 Å². The van der Waals surface area contributed by atoms with Crippen molar-refractivity contribution in [2.24, 2.45) is 5.10 Å². The lowest BCUT2D eigenvalue weighted by Crippen LogP contribution is -2.51. The number of methoxy groups -OCH3 is 1. The Morgan fingerprint density at radius 1 is 1.16 bits per heavy atom. The van der Waals surface area contributed by atoms with Gasteiger partial charge in [-0.3, -0.25) is 14.6 Å².